The molecule has 1 aromatic carbocycles. The molecular formula is C16H19N3. The smallest absolute Gasteiger partial charge is 0.0922 e. The third kappa shape index (κ3) is 2.93. The lowest BCUT2D eigenvalue weighted by atomic mass is 9.98. The van der Waals surface area contributed by atoms with E-state index >= 15 is 0 Å². The van der Waals surface area contributed by atoms with Gasteiger partial charge in [0.1, 0.15) is 0 Å². The fraction of sp³-hybridized carbons (Fsp3) is 0.312. The highest BCUT2D eigenvalue weighted by Crippen LogP contribution is 2.23. The fourth-order valence-electron chi connectivity index (χ4n) is 2.57. The highest BCUT2D eigenvalue weighted by molar-refractivity contribution is 5.67. The van der Waals surface area contributed by atoms with Crippen LogP contribution in [0.1, 0.15) is 23.2 Å². The van der Waals surface area contributed by atoms with Crippen molar-refractivity contribution in [3.8, 4) is 0 Å². The molecule has 1 aliphatic rings. The molecule has 1 aromatic heterocycles. The molecule has 0 fully saturated rings. The van der Waals surface area contributed by atoms with Crippen molar-refractivity contribution in [2.75, 3.05) is 13.1 Å². The zero-order chi connectivity index (χ0) is 13.1. The minimum atomic E-state index is 0.956. The zero-order valence-corrected chi connectivity index (χ0v) is 11.3. The lowest BCUT2D eigenvalue weighted by Crippen LogP contribution is -2.28. The Morgan fingerprint density at radius 1 is 1.37 bits per heavy atom. The normalized spacial score (nSPS) is 16.4. The highest BCUT2D eigenvalue weighted by Gasteiger charge is 2.13. The van der Waals surface area contributed by atoms with Gasteiger partial charge >= 0.3 is 0 Å². The zero-order valence-electron chi connectivity index (χ0n) is 11.3. The maximum atomic E-state index is 4.06. The van der Waals surface area contributed by atoms with Crippen LogP contribution in [0.15, 0.2) is 42.9 Å². The number of imidazole rings is 1. The number of rotatable bonds is 3. The molecule has 3 nitrogen and oxygen atoms in total. The highest BCUT2D eigenvalue weighted by atomic mass is 15.1. The lowest BCUT2D eigenvalue weighted by molar-refractivity contribution is 0.291. The summed E-state index contributed by atoms with van der Waals surface area (Å²) in [7, 11) is 0. The maximum absolute atomic E-state index is 4.06. The first-order valence-electron chi connectivity index (χ1n) is 6.77. The largest absolute Gasteiger partial charge is 0.347 e. The van der Waals surface area contributed by atoms with Crippen molar-refractivity contribution >= 4 is 5.57 Å². The Balaban J connectivity index is 1.67. The Labute approximate surface area is 114 Å². The molecule has 0 radical (unpaired) electrons. The molecule has 1 N–H and O–H groups in total. The predicted octanol–water partition coefficient (Wildman–Crippen LogP) is 3.01. The van der Waals surface area contributed by atoms with Gasteiger partial charge in [-0.1, -0.05) is 35.9 Å². The van der Waals surface area contributed by atoms with E-state index in [9.17, 15) is 0 Å². The van der Waals surface area contributed by atoms with E-state index in [2.05, 4.69) is 52.1 Å². The number of H-pyrrole nitrogens is 1. The molecule has 0 atom stereocenters. The molecule has 0 spiro atoms. The monoisotopic (exact) mass is 253 g/mol. The number of nitrogens with zero attached hydrogens (tertiary/aromatic N) is 2. The van der Waals surface area contributed by atoms with Crippen molar-refractivity contribution in [2.24, 2.45) is 0 Å². The van der Waals surface area contributed by atoms with E-state index in [1.54, 1.807) is 6.33 Å². The Kier molecular flexibility index (Phi) is 3.47. The molecule has 0 aliphatic carbocycles. The summed E-state index contributed by atoms with van der Waals surface area (Å²) in [6.45, 7) is 5.23. The van der Waals surface area contributed by atoms with Gasteiger partial charge in [0, 0.05) is 31.5 Å². The number of nitrogens with one attached hydrogen (secondary N) is 1. The van der Waals surface area contributed by atoms with Crippen LogP contribution in [-0.4, -0.2) is 28.0 Å². The van der Waals surface area contributed by atoms with Gasteiger partial charge in [0.15, 0.2) is 0 Å². The second-order valence-corrected chi connectivity index (χ2v) is 5.16. The van der Waals surface area contributed by atoms with E-state index in [-0.39, 0.29) is 0 Å². The molecule has 2 aromatic rings. The van der Waals surface area contributed by atoms with Gasteiger partial charge in [-0.15, -0.1) is 0 Å². The molecular weight excluding hydrogens is 234 g/mol. The Morgan fingerprint density at radius 2 is 2.32 bits per heavy atom. The summed E-state index contributed by atoms with van der Waals surface area (Å²) in [5.74, 6) is 0. The number of hydrogen-bond donors (Lipinski definition) is 1. The van der Waals surface area contributed by atoms with E-state index in [0.29, 0.717) is 0 Å². The van der Waals surface area contributed by atoms with Crippen molar-refractivity contribution in [3.63, 3.8) is 0 Å². The fourth-order valence-corrected chi connectivity index (χ4v) is 2.57. The van der Waals surface area contributed by atoms with E-state index in [0.717, 1.165) is 26.1 Å². The molecule has 0 unspecified atom stereocenters. The summed E-state index contributed by atoms with van der Waals surface area (Å²) < 4.78 is 0. The first-order valence-corrected chi connectivity index (χ1v) is 6.77. The van der Waals surface area contributed by atoms with E-state index in [1.807, 2.05) is 6.20 Å². The molecule has 0 saturated carbocycles. The van der Waals surface area contributed by atoms with E-state index in [1.165, 1.54) is 22.4 Å². The maximum Gasteiger partial charge on any atom is 0.0922 e. The Morgan fingerprint density at radius 3 is 3.00 bits per heavy atom. The third-order valence-corrected chi connectivity index (χ3v) is 3.63. The van der Waals surface area contributed by atoms with E-state index in [4.69, 9.17) is 0 Å². The van der Waals surface area contributed by atoms with E-state index < -0.39 is 0 Å². The topological polar surface area (TPSA) is 31.9 Å². The van der Waals surface area contributed by atoms with Gasteiger partial charge in [-0.3, -0.25) is 4.90 Å². The van der Waals surface area contributed by atoms with Crippen molar-refractivity contribution in [1.29, 1.82) is 0 Å². The number of aryl methyl sites for hydroxylation is 1. The van der Waals surface area contributed by atoms with Crippen LogP contribution in [0.5, 0.6) is 0 Å². The van der Waals surface area contributed by atoms with Crippen molar-refractivity contribution in [1.82, 2.24) is 14.9 Å². The van der Waals surface area contributed by atoms with Gasteiger partial charge in [-0.25, -0.2) is 4.98 Å². The Hall–Kier alpha value is -1.87. The van der Waals surface area contributed by atoms with Crippen LogP contribution in [0.3, 0.4) is 0 Å². The number of hydrogen-bond acceptors (Lipinski definition) is 2. The van der Waals surface area contributed by atoms with Crippen LogP contribution in [-0.2, 0) is 6.54 Å². The quantitative estimate of drug-likeness (QED) is 0.912. The van der Waals surface area contributed by atoms with Crippen LogP contribution in [0, 0.1) is 6.92 Å². The van der Waals surface area contributed by atoms with Crippen LogP contribution in [0.25, 0.3) is 5.57 Å². The number of benzene rings is 1. The minimum Gasteiger partial charge on any atom is -0.347 e. The average Bonchev–Trinajstić information content (AvgIpc) is 2.92. The first kappa shape index (κ1) is 12.2. The van der Waals surface area contributed by atoms with Gasteiger partial charge in [0.25, 0.3) is 0 Å². The second-order valence-electron chi connectivity index (χ2n) is 5.16. The summed E-state index contributed by atoms with van der Waals surface area (Å²) in [6, 6.07) is 8.78. The summed E-state index contributed by atoms with van der Waals surface area (Å²) in [5, 5.41) is 0. The van der Waals surface area contributed by atoms with Crippen LogP contribution in [0.4, 0.5) is 0 Å². The van der Waals surface area contributed by atoms with Crippen LogP contribution >= 0.6 is 0 Å². The molecule has 98 valence electrons. The molecule has 0 bridgehead atoms. The standard InChI is InChI=1S/C16H19N3/c1-13-3-2-4-15(9-13)14-5-7-19(8-6-14)11-16-10-17-12-18-16/h2-5,9-10,12H,6-8,11H2,1H3,(H,17,18). The van der Waals surface area contributed by atoms with Crippen molar-refractivity contribution in [2.45, 2.75) is 19.9 Å². The molecule has 3 rings (SSSR count). The molecule has 0 saturated heterocycles. The summed E-state index contributed by atoms with van der Waals surface area (Å²) in [5.41, 5.74) is 5.37. The van der Waals surface area contributed by atoms with Crippen LogP contribution in [0.2, 0.25) is 0 Å². The van der Waals surface area contributed by atoms with Gasteiger partial charge in [-0.2, -0.15) is 0 Å². The van der Waals surface area contributed by atoms with Crippen LogP contribution < -0.4 is 0 Å². The number of aromatic nitrogens is 2. The molecule has 19 heavy (non-hydrogen) atoms. The summed E-state index contributed by atoms with van der Waals surface area (Å²) in [4.78, 5) is 9.66. The SMILES string of the molecule is Cc1cccc(C2=CCN(Cc3cnc[nH]3)CC2)c1. The van der Waals surface area contributed by atoms with Gasteiger partial charge < -0.3 is 4.98 Å². The first-order chi connectivity index (χ1) is 9.31. The average molecular weight is 253 g/mol. The molecule has 2 heterocycles. The Bertz CT molecular complexity index is 569. The second kappa shape index (κ2) is 5.41. The minimum absolute atomic E-state index is 0.956. The van der Waals surface area contributed by atoms with Gasteiger partial charge in [0.2, 0.25) is 0 Å². The van der Waals surface area contributed by atoms with Crippen molar-refractivity contribution in [3.05, 3.63) is 59.7 Å². The van der Waals surface area contributed by atoms with Gasteiger partial charge in [-0.05, 0) is 24.5 Å². The predicted molar refractivity (Wildman–Crippen MR) is 77.6 cm³/mol. The summed E-state index contributed by atoms with van der Waals surface area (Å²) >= 11 is 0. The molecule has 3 heteroatoms. The molecule has 0 amide bonds. The van der Waals surface area contributed by atoms with Crippen molar-refractivity contribution < 1.29 is 0 Å². The van der Waals surface area contributed by atoms with Gasteiger partial charge in [0.05, 0.1) is 6.33 Å². The number of aromatic amines is 1. The third-order valence-electron chi connectivity index (χ3n) is 3.63. The lowest BCUT2D eigenvalue weighted by Gasteiger charge is -2.26. The summed E-state index contributed by atoms with van der Waals surface area (Å²) in [6.07, 6.45) is 7.12. The molecule has 1 aliphatic heterocycles.